The fourth-order valence-corrected chi connectivity index (χ4v) is 7.22. The summed E-state index contributed by atoms with van der Waals surface area (Å²) in [5, 5.41) is 13.7. The lowest BCUT2D eigenvalue weighted by Crippen LogP contribution is -2.44. The molecule has 0 bridgehead atoms. The average Bonchev–Trinajstić information content (AvgIpc) is 3.42. The normalized spacial score (nSPS) is 21.0. The van der Waals surface area contributed by atoms with Crippen molar-refractivity contribution in [1.82, 2.24) is 4.58 Å². The highest BCUT2D eigenvalue weighted by Crippen LogP contribution is 2.44. The molecule has 1 aliphatic heterocycles. The molecule has 0 aromatic heterocycles. The maximum absolute atomic E-state index is 13.7. The minimum atomic E-state index is -0.197. The number of Topliss-reactive ketones (excluding diaryl/α,β-unsaturated/α-hetero) is 1. The van der Waals surface area contributed by atoms with E-state index in [9.17, 15) is 9.90 Å². The molecule has 0 amide bonds. The molecule has 1 heterocycles. The van der Waals surface area contributed by atoms with Gasteiger partial charge in [-0.1, -0.05) is 78.3 Å². The quantitative estimate of drug-likeness (QED) is 0.169. The number of fused-ring (bicyclic) bond motifs is 1. The summed E-state index contributed by atoms with van der Waals surface area (Å²) >= 11 is 0. The molecule has 226 valence electrons. The van der Waals surface area contributed by atoms with Crippen LogP contribution in [0.1, 0.15) is 53.5 Å². The number of benzene rings is 4. The van der Waals surface area contributed by atoms with Crippen LogP contribution in [0.15, 0.2) is 102 Å². The Morgan fingerprint density at radius 1 is 0.822 bits per heavy atom. The second kappa shape index (κ2) is 11.6. The van der Waals surface area contributed by atoms with Gasteiger partial charge in [0.25, 0.3) is 0 Å². The number of allylic oxidation sites excluding steroid dienone is 3. The van der Waals surface area contributed by atoms with Crippen LogP contribution >= 0.6 is 0 Å². The van der Waals surface area contributed by atoms with Gasteiger partial charge in [-0.05, 0) is 69.0 Å². The third kappa shape index (κ3) is 5.01. The summed E-state index contributed by atoms with van der Waals surface area (Å²) in [6, 6.07) is 30.9. The Kier molecular flexibility index (Phi) is 7.50. The van der Waals surface area contributed by atoms with E-state index in [1.54, 1.807) is 0 Å². The molecule has 1 fully saturated rings. The zero-order valence-electron chi connectivity index (χ0n) is 26.3. The van der Waals surface area contributed by atoms with Crippen molar-refractivity contribution < 1.29 is 14.6 Å². The van der Waals surface area contributed by atoms with Crippen molar-refractivity contribution in [1.29, 1.82) is 0 Å². The van der Waals surface area contributed by atoms with E-state index in [1.165, 1.54) is 23.1 Å². The number of carbonyl (C=O) groups excluding carboxylic acids is 1. The number of anilines is 2. The summed E-state index contributed by atoms with van der Waals surface area (Å²) in [4.78, 5) is 16.1. The predicted molar refractivity (Wildman–Crippen MR) is 182 cm³/mol. The van der Waals surface area contributed by atoms with Crippen LogP contribution < -0.4 is 14.6 Å². The zero-order chi connectivity index (χ0) is 31.2. The van der Waals surface area contributed by atoms with Gasteiger partial charge in [0, 0.05) is 47.8 Å². The summed E-state index contributed by atoms with van der Waals surface area (Å²) in [5.41, 5.74) is 10.5. The molecule has 2 atom stereocenters. The van der Waals surface area contributed by atoms with Gasteiger partial charge in [0.05, 0.1) is 23.3 Å². The largest absolute Gasteiger partial charge is 0.871 e. The highest BCUT2D eigenvalue weighted by atomic mass is 16.5. The van der Waals surface area contributed by atoms with Crippen molar-refractivity contribution in [3.8, 4) is 0 Å². The third-order valence-electron chi connectivity index (χ3n) is 9.55. The molecule has 4 aromatic carbocycles. The summed E-state index contributed by atoms with van der Waals surface area (Å²) in [6.07, 6.45) is 6.45. The second-order valence-electron chi connectivity index (χ2n) is 12.5. The van der Waals surface area contributed by atoms with Crippen molar-refractivity contribution in [2.75, 3.05) is 12.0 Å². The van der Waals surface area contributed by atoms with E-state index in [2.05, 4.69) is 72.7 Å². The van der Waals surface area contributed by atoms with Gasteiger partial charge in [-0.15, -0.1) is 0 Å². The first-order valence-electron chi connectivity index (χ1n) is 15.9. The molecule has 0 radical (unpaired) electrons. The Labute approximate surface area is 265 Å². The van der Waals surface area contributed by atoms with Crippen molar-refractivity contribution >= 4 is 45.9 Å². The van der Waals surface area contributed by atoms with Gasteiger partial charge in [-0.2, -0.15) is 4.58 Å². The first kappa shape index (κ1) is 29.0. The molecular formula is C40H38N2O3. The average molecular weight is 595 g/mol. The maximum Gasteiger partial charge on any atom is 0.219 e. The molecule has 0 saturated heterocycles. The van der Waals surface area contributed by atoms with Gasteiger partial charge in [0.2, 0.25) is 11.4 Å². The topological polar surface area (TPSA) is 55.6 Å². The Bertz CT molecular complexity index is 1900. The maximum atomic E-state index is 13.7. The van der Waals surface area contributed by atoms with E-state index in [4.69, 9.17) is 4.74 Å². The molecule has 3 aliphatic rings. The Morgan fingerprint density at radius 2 is 1.53 bits per heavy atom. The lowest BCUT2D eigenvalue weighted by molar-refractivity contribution is -0.297. The minimum Gasteiger partial charge on any atom is -0.871 e. The zero-order valence-corrected chi connectivity index (χ0v) is 26.3. The fraction of sp³-hybridized carbons (Fsp3) is 0.250. The van der Waals surface area contributed by atoms with E-state index in [0.717, 1.165) is 47.6 Å². The molecule has 7 rings (SSSR count). The van der Waals surface area contributed by atoms with Crippen LogP contribution in [0.2, 0.25) is 0 Å². The number of ketones is 1. The predicted octanol–water partition coefficient (Wildman–Crippen LogP) is 7.73. The van der Waals surface area contributed by atoms with E-state index < -0.39 is 0 Å². The minimum absolute atomic E-state index is 0.127. The first-order valence-corrected chi connectivity index (χ1v) is 15.9. The molecule has 0 N–H and O–H groups in total. The van der Waals surface area contributed by atoms with Gasteiger partial charge < -0.3 is 14.7 Å². The van der Waals surface area contributed by atoms with E-state index >= 15 is 0 Å². The van der Waals surface area contributed by atoms with Gasteiger partial charge in [0.1, 0.15) is 0 Å². The lowest BCUT2D eigenvalue weighted by Gasteiger charge is -2.41. The second-order valence-corrected chi connectivity index (χ2v) is 12.5. The molecule has 45 heavy (non-hydrogen) atoms. The molecule has 0 spiro atoms. The Morgan fingerprint density at radius 3 is 2.24 bits per heavy atom. The van der Waals surface area contributed by atoms with Crippen LogP contribution in [0.5, 0.6) is 0 Å². The van der Waals surface area contributed by atoms with Gasteiger partial charge in [-0.3, -0.25) is 4.79 Å². The fourth-order valence-electron chi connectivity index (χ4n) is 7.22. The van der Waals surface area contributed by atoms with Crippen LogP contribution in [-0.2, 0) is 9.53 Å². The Hall–Kier alpha value is -4.74. The van der Waals surface area contributed by atoms with Crippen LogP contribution in [0.25, 0.3) is 11.1 Å². The number of hydrogen-bond donors (Lipinski definition) is 0. The summed E-state index contributed by atoms with van der Waals surface area (Å²) < 4.78 is 8.05. The van der Waals surface area contributed by atoms with Crippen LogP contribution in [0, 0.1) is 20.8 Å². The first-order chi connectivity index (χ1) is 21.9. The number of ether oxygens (including phenoxy) is 1. The summed E-state index contributed by atoms with van der Waals surface area (Å²) in [5.74, 6) is -0.393. The lowest BCUT2D eigenvalue weighted by atomic mass is 9.80. The van der Waals surface area contributed by atoms with Gasteiger partial charge in [0.15, 0.2) is 12.0 Å². The molecule has 4 aromatic rings. The van der Waals surface area contributed by atoms with Crippen molar-refractivity contribution in [2.45, 2.75) is 58.6 Å². The number of aryl methyl sites for hydroxylation is 3. The van der Waals surface area contributed by atoms with Crippen molar-refractivity contribution in [3.05, 3.63) is 130 Å². The van der Waals surface area contributed by atoms with Gasteiger partial charge >= 0.3 is 0 Å². The molecular weight excluding hydrogens is 556 g/mol. The third-order valence-corrected chi connectivity index (χ3v) is 9.55. The standard InChI is InChI=1S/C40H38N2O3/c1-25-13-18-29(19-14-25)41-24-32(31-9-5-6-10-34(31)41)38-39(43)37(40(38)44)28-16-20-30(21-17-28)42(33-22-15-26(2)23-27(33)3)35-11-7-8-12-36(35)45-4/h5-6,9-10,13-24,35-36H,7-8,11-12H2,1-4H3. The monoisotopic (exact) mass is 594 g/mol. The highest BCUT2D eigenvalue weighted by molar-refractivity contribution is 6.44. The van der Waals surface area contributed by atoms with Crippen molar-refractivity contribution in [3.63, 3.8) is 0 Å². The number of hydrogen-bond acceptors (Lipinski definition) is 4. The summed E-state index contributed by atoms with van der Waals surface area (Å²) in [6.45, 7) is 6.33. The number of methoxy groups -OCH3 is 1. The van der Waals surface area contributed by atoms with E-state index in [1.807, 2.05) is 61.9 Å². The number of nitrogens with zero attached hydrogens (tertiary/aromatic N) is 2. The Balaban J connectivity index is 1.26. The molecule has 5 heteroatoms. The number of rotatable bonds is 6. The molecule has 5 nitrogen and oxygen atoms in total. The van der Waals surface area contributed by atoms with Crippen LogP contribution in [0.3, 0.4) is 0 Å². The van der Waals surface area contributed by atoms with E-state index in [0.29, 0.717) is 11.1 Å². The SMILES string of the molecule is COC1CCCCC1N(c1ccc(C2=C([O-])/C(=C3/C=[N+](c4ccc(C)cc4)c4ccccc43)C2=O)cc1)c1ccc(C)cc1C. The summed E-state index contributed by atoms with van der Waals surface area (Å²) in [7, 11) is 1.81. The number of para-hydroxylation sites is 1. The van der Waals surface area contributed by atoms with Gasteiger partial charge in [-0.25, -0.2) is 0 Å². The van der Waals surface area contributed by atoms with E-state index in [-0.39, 0.29) is 34.8 Å². The molecule has 2 unspecified atom stereocenters. The number of carbonyl (C=O) groups is 1. The van der Waals surface area contributed by atoms with Crippen LogP contribution in [-0.4, -0.2) is 31.3 Å². The molecule has 1 saturated carbocycles. The van der Waals surface area contributed by atoms with Crippen LogP contribution in [0.4, 0.5) is 22.7 Å². The van der Waals surface area contributed by atoms with Crippen molar-refractivity contribution in [2.24, 2.45) is 0 Å². The smallest absolute Gasteiger partial charge is 0.219 e. The molecule has 2 aliphatic carbocycles. The highest BCUT2D eigenvalue weighted by Gasteiger charge is 2.38.